The number of benzene rings is 1. The van der Waals surface area contributed by atoms with Crippen LogP contribution in [0.2, 0.25) is 0 Å². The van der Waals surface area contributed by atoms with Crippen LogP contribution < -0.4 is 26.0 Å². The lowest BCUT2D eigenvalue weighted by Crippen LogP contribution is -2.37. The minimum Gasteiger partial charge on any atom is -0.486 e. The molecule has 1 aliphatic heterocycles. The van der Waals surface area contributed by atoms with E-state index in [2.05, 4.69) is 15.3 Å². The van der Waals surface area contributed by atoms with Gasteiger partial charge in [-0.3, -0.25) is 18.7 Å². The molecule has 1 N–H and O–H groups in total. The van der Waals surface area contributed by atoms with Crippen molar-refractivity contribution in [2.45, 2.75) is 6.54 Å². The van der Waals surface area contributed by atoms with Gasteiger partial charge in [0.1, 0.15) is 19.8 Å². The van der Waals surface area contributed by atoms with E-state index in [0.29, 0.717) is 35.5 Å². The average molecular weight is 454 g/mol. The molecule has 4 aromatic rings. The Morgan fingerprint density at radius 1 is 1.16 bits per heavy atom. The number of nitrogens with zero attached hydrogens (tertiary/aromatic N) is 5. The number of nitrogens with one attached hydrogen (secondary N) is 1. The second kappa shape index (κ2) is 7.64. The Hall–Kier alpha value is -3.93. The highest BCUT2D eigenvalue weighted by molar-refractivity contribution is 7.14. The van der Waals surface area contributed by atoms with Crippen LogP contribution in [0.4, 0.5) is 5.13 Å². The fourth-order valence-corrected chi connectivity index (χ4v) is 4.23. The normalized spacial score (nSPS) is 12.8. The predicted octanol–water partition coefficient (Wildman–Crippen LogP) is 0.967. The Morgan fingerprint density at radius 2 is 1.94 bits per heavy atom. The Labute approximate surface area is 184 Å². The Kier molecular flexibility index (Phi) is 4.78. The fraction of sp³-hybridized carbons (Fsp3) is 0.250. The van der Waals surface area contributed by atoms with Gasteiger partial charge in [-0.05, 0) is 18.2 Å². The van der Waals surface area contributed by atoms with Crippen LogP contribution in [-0.4, -0.2) is 42.8 Å². The number of aryl methyl sites for hydroxylation is 1. The number of fused-ring (bicyclic) bond motifs is 2. The highest BCUT2D eigenvalue weighted by Crippen LogP contribution is 2.35. The van der Waals surface area contributed by atoms with Crippen molar-refractivity contribution in [3.8, 4) is 22.8 Å². The van der Waals surface area contributed by atoms with Gasteiger partial charge >= 0.3 is 5.69 Å². The quantitative estimate of drug-likeness (QED) is 0.487. The maximum absolute atomic E-state index is 12.6. The fourth-order valence-electron chi connectivity index (χ4n) is 3.50. The molecule has 0 bridgehead atoms. The zero-order chi connectivity index (χ0) is 22.4. The number of ether oxygens (including phenoxy) is 2. The summed E-state index contributed by atoms with van der Waals surface area (Å²) in [6, 6.07) is 5.57. The highest BCUT2D eigenvalue weighted by Gasteiger charge is 2.17. The SMILES string of the molecule is Cn1c(=O)c2c(ncn2CC(=O)Nc2nc(-c3ccc4c(c3)OCCO4)cs2)n(C)c1=O. The van der Waals surface area contributed by atoms with Gasteiger partial charge in [0.05, 0.1) is 12.0 Å². The van der Waals surface area contributed by atoms with E-state index >= 15 is 0 Å². The molecule has 32 heavy (non-hydrogen) atoms. The minimum atomic E-state index is -0.511. The standard InChI is InChI=1S/C20H18N6O5S/c1-24-17-16(18(28)25(2)20(24)29)26(10-21-17)8-15(27)23-19-22-12(9-32-19)11-3-4-13-14(7-11)31-6-5-30-13/h3-4,7,9-10H,5-6,8H2,1-2H3,(H,22,23,27). The van der Waals surface area contributed by atoms with Crippen LogP contribution in [-0.2, 0) is 25.4 Å². The van der Waals surface area contributed by atoms with Crippen LogP contribution in [0.15, 0.2) is 39.5 Å². The molecule has 0 saturated heterocycles. The van der Waals surface area contributed by atoms with E-state index in [1.165, 1.54) is 40.9 Å². The largest absolute Gasteiger partial charge is 0.486 e. The van der Waals surface area contributed by atoms with Gasteiger partial charge in [0, 0.05) is 25.0 Å². The van der Waals surface area contributed by atoms with Crippen molar-refractivity contribution in [3.05, 3.63) is 50.7 Å². The highest BCUT2D eigenvalue weighted by atomic mass is 32.1. The molecule has 0 atom stereocenters. The molecular formula is C20H18N6O5S. The van der Waals surface area contributed by atoms with Crippen LogP contribution in [0.3, 0.4) is 0 Å². The summed E-state index contributed by atoms with van der Waals surface area (Å²) in [7, 11) is 2.91. The van der Waals surface area contributed by atoms with Crippen LogP contribution in [0, 0.1) is 0 Å². The van der Waals surface area contributed by atoms with Crippen molar-refractivity contribution in [1.82, 2.24) is 23.7 Å². The van der Waals surface area contributed by atoms with Crippen LogP contribution in [0.25, 0.3) is 22.4 Å². The zero-order valence-corrected chi connectivity index (χ0v) is 18.0. The first-order valence-corrected chi connectivity index (χ1v) is 10.6. The van der Waals surface area contributed by atoms with Crippen molar-refractivity contribution in [2.75, 3.05) is 18.5 Å². The summed E-state index contributed by atoms with van der Waals surface area (Å²) in [5.41, 5.74) is 0.951. The third-order valence-corrected chi connectivity index (χ3v) is 5.88. The Balaban J connectivity index is 1.35. The zero-order valence-electron chi connectivity index (χ0n) is 17.2. The third kappa shape index (κ3) is 3.34. The lowest BCUT2D eigenvalue weighted by Gasteiger charge is -2.18. The first-order chi connectivity index (χ1) is 15.4. The number of aromatic nitrogens is 5. The summed E-state index contributed by atoms with van der Waals surface area (Å²) in [5.74, 6) is 0.985. The number of anilines is 1. The van der Waals surface area contributed by atoms with Gasteiger partial charge in [-0.2, -0.15) is 0 Å². The molecule has 0 saturated carbocycles. The molecule has 1 aromatic carbocycles. The van der Waals surface area contributed by atoms with E-state index in [0.717, 1.165) is 10.1 Å². The maximum Gasteiger partial charge on any atom is 0.332 e. The van der Waals surface area contributed by atoms with Gasteiger partial charge in [0.2, 0.25) is 5.91 Å². The molecule has 0 spiro atoms. The lowest BCUT2D eigenvalue weighted by atomic mass is 10.1. The molecule has 0 unspecified atom stereocenters. The summed E-state index contributed by atoms with van der Waals surface area (Å²) in [6.07, 6.45) is 1.37. The lowest BCUT2D eigenvalue weighted by molar-refractivity contribution is -0.116. The number of hydrogen-bond acceptors (Lipinski definition) is 8. The summed E-state index contributed by atoms with van der Waals surface area (Å²) < 4.78 is 14.8. The molecule has 1 aliphatic rings. The number of carbonyl (C=O) groups excluding carboxylic acids is 1. The van der Waals surface area contributed by atoms with E-state index in [1.807, 2.05) is 23.6 Å². The van der Waals surface area contributed by atoms with Gasteiger partial charge in [-0.1, -0.05) is 0 Å². The summed E-state index contributed by atoms with van der Waals surface area (Å²) >= 11 is 1.29. The number of imidazole rings is 1. The predicted molar refractivity (Wildman–Crippen MR) is 117 cm³/mol. The van der Waals surface area contributed by atoms with E-state index in [-0.39, 0.29) is 23.6 Å². The van der Waals surface area contributed by atoms with Crippen LogP contribution >= 0.6 is 11.3 Å². The Bertz CT molecular complexity index is 1480. The number of rotatable bonds is 4. The summed E-state index contributed by atoms with van der Waals surface area (Å²) in [5, 5.41) is 5.00. The van der Waals surface area contributed by atoms with Crippen LogP contribution in [0.1, 0.15) is 0 Å². The van der Waals surface area contributed by atoms with Crippen LogP contribution in [0.5, 0.6) is 11.5 Å². The van der Waals surface area contributed by atoms with Gasteiger partial charge < -0.3 is 19.4 Å². The van der Waals surface area contributed by atoms with Gasteiger partial charge in [-0.25, -0.2) is 14.8 Å². The summed E-state index contributed by atoms with van der Waals surface area (Å²) in [6.45, 7) is 0.867. The van der Waals surface area contributed by atoms with Crippen molar-refractivity contribution in [3.63, 3.8) is 0 Å². The Morgan fingerprint density at radius 3 is 2.75 bits per heavy atom. The first-order valence-electron chi connectivity index (χ1n) is 9.68. The smallest absolute Gasteiger partial charge is 0.332 e. The van der Waals surface area contributed by atoms with E-state index < -0.39 is 11.2 Å². The topological polar surface area (TPSA) is 122 Å². The third-order valence-electron chi connectivity index (χ3n) is 5.12. The number of hydrogen-bond donors (Lipinski definition) is 1. The average Bonchev–Trinajstić information content (AvgIpc) is 3.43. The van der Waals surface area contributed by atoms with E-state index in [9.17, 15) is 14.4 Å². The van der Waals surface area contributed by atoms with Crippen molar-refractivity contribution in [2.24, 2.45) is 14.1 Å². The molecule has 11 nitrogen and oxygen atoms in total. The van der Waals surface area contributed by atoms with Gasteiger partial charge in [0.15, 0.2) is 27.8 Å². The van der Waals surface area contributed by atoms with E-state index in [4.69, 9.17) is 9.47 Å². The minimum absolute atomic E-state index is 0.150. The molecule has 12 heteroatoms. The monoisotopic (exact) mass is 454 g/mol. The second-order valence-corrected chi connectivity index (χ2v) is 8.05. The molecular weight excluding hydrogens is 436 g/mol. The second-order valence-electron chi connectivity index (χ2n) is 7.19. The molecule has 164 valence electrons. The molecule has 0 radical (unpaired) electrons. The molecule has 1 amide bonds. The van der Waals surface area contributed by atoms with Crippen molar-refractivity contribution in [1.29, 1.82) is 0 Å². The molecule has 0 fully saturated rings. The van der Waals surface area contributed by atoms with E-state index in [1.54, 1.807) is 0 Å². The van der Waals surface area contributed by atoms with Gasteiger partial charge in [0.25, 0.3) is 5.56 Å². The molecule has 0 aliphatic carbocycles. The first kappa shape index (κ1) is 20.0. The molecule has 4 heterocycles. The number of amides is 1. The molecule has 3 aromatic heterocycles. The van der Waals surface area contributed by atoms with Gasteiger partial charge in [-0.15, -0.1) is 11.3 Å². The van der Waals surface area contributed by atoms with Crippen molar-refractivity contribution < 1.29 is 14.3 Å². The van der Waals surface area contributed by atoms with Crippen molar-refractivity contribution >= 4 is 33.5 Å². The number of carbonyl (C=O) groups is 1. The maximum atomic E-state index is 12.6. The summed E-state index contributed by atoms with van der Waals surface area (Å²) in [4.78, 5) is 45.8. The number of thiazole rings is 1. The molecule has 5 rings (SSSR count).